The second kappa shape index (κ2) is 5.78. The Kier molecular flexibility index (Phi) is 4.03. The monoisotopic (exact) mass is 290 g/mol. The van der Waals surface area contributed by atoms with E-state index in [1.165, 1.54) is 24.2 Å². The van der Waals surface area contributed by atoms with Gasteiger partial charge in [-0.1, -0.05) is 25.3 Å². The summed E-state index contributed by atoms with van der Waals surface area (Å²) in [6.45, 7) is 2.00. The van der Waals surface area contributed by atoms with Crippen LogP contribution in [0.15, 0.2) is 23.1 Å². The number of hydrogen-bond acceptors (Lipinski definition) is 3. The standard InChI is InChI=1S/C16H22N2OS/c1-11(17)12-7-8-14-15(9-12)20-10-16(19)18(14)13-5-3-2-4-6-13/h7-9,11,13H,2-6,10,17H2,1H3. The molecule has 1 aliphatic carbocycles. The Morgan fingerprint density at radius 2 is 2.05 bits per heavy atom. The molecule has 1 saturated carbocycles. The van der Waals surface area contributed by atoms with Crippen molar-refractivity contribution in [1.29, 1.82) is 0 Å². The van der Waals surface area contributed by atoms with E-state index in [1.54, 1.807) is 11.8 Å². The first-order chi connectivity index (χ1) is 9.66. The van der Waals surface area contributed by atoms with Gasteiger partial charge < -0.3 is 10.6 Å². The molecule has 1 aliphatic heterocycles. The first-order valence-electron chi connectivity index (χ1n) is 7.51. The van der Waals surface area contributed by atoms with Crippen molar-refractivity contribution in [3.8, 4) is 0 Å². The predicted octanol–water partition coefficient (Wildman–Crippen LogP) is 3.48. The van der Waals surface area contributed by atoms with Crippen molar-refractivity contribution in [3.63, 3.8) is 0 Å². The molecule has 108 valence electrons. The van der Waals surface area contributed by atoms with Gasteiger partial charge in [-0.15, -0.1) is 11.8 Å². The molecule has 0 radical (unpaired) electrons. The molecule has 1 heterocycles. The lowest BCUT2D eigenvalue weighted by Gasteiger charge is -2.38. The fourth-order valence-corrected chi connectivity index (χ4v) is 4.16. The summed E-state index contributed by atoms with van der Waals surface area (Å²) in [4.78, 5) is 15.6. The normalized spacial score (nSPS) is 21.7. The fraction of sp³-hybridized carbons (Fsp3) is 0.562. The zero-order chi connectivity index (χ0) is 14.1. The van der Waals surface area contributed by atoms with Crippen LogP contribution in [0.2, 0.25) is 0 Å². The number of fused-ring (bicyclic) bond motifs is 1. The molecule has 1 aromatic rings. The minimum Gasteiger partial charge on any atom is -0.324 e. The van der Waals surface area contributed by atoms with Crippen LogP contribution in [0.1, 0.15) is 50.6 Å². The molecule has 20 heavy (non-hydrogen) atoms. The van der Waals surface area contributed by atoms with Crippen LogP contribution in [0.3, 0.4) is 0 Å². The molecular formula is C16H22N2OS. The van der Waals surface area contributed by atoms with E-state index in [2.05, 4.69) is 23.1 Å². The van der Waals surface area contributed by atoms with Gasteiger partial charge in [0, 0.05) is 17.0 Å². The topological polar surface area (TPSA) is 46.3 Å². The summed E-state index contributed by atoms with van der Waals surface area (Å²) in [7, 11) is 0. The lowest BCUT2D eigenvalue weighted by Crippen LogP contribution is -2.44. The molecule has 4 heteroatoms. The number of benzene rings is 1. The highest BCUT2D eigenvalue weighted by molar-refractivity contribution is 8.00. The van der Waals surface area contributed by atoms with Crippen LogP contribution in [-0.4, -0.2) is 17.7 Å². The van der Waals surface area contributed by atoms with Gasteiger partial charge in [-0.2, -0.15) is 0 Å². The quantitative estimate of drug-likeness (QED) is 0.907. The van der Waals surface area contributed by atoms with Crippen LogP contribution in [0.5, 0.6) is 0 Å². The van der Waals surface area contributed by atoms with Gasteiger partial charge in [0.2, 0.25) is 5.91 Å². The third kappa shape index (κ3) is 2.59. The van der Waals surface area contributed by atoms with Crippen LogP contribution in [-0.2, 0) is 4.79 Å². The minimum absolute atomic E-state index is 0.0432. The van der Waals surface area contributed by atoms with Crippen LogP contribution in [0, 0.1) is 0 Å². The summed E-state index contributed by atoms with van der Waals surface area (Å²) >= 11 is 1.65. The van der Waals surface area contributed by atoms with E-state index in [9.17, 15) is 4.79 Å². The zero-order valence-corrected chi connectivity index (χ0v) is 12.8. The average Bonchev–Trinajstić information content (AvgIpc) is 2.47. The van der Waals surface area contributed by atoms with Gasteiger partial charge in [0.15, 0.2) is 0 Å². The first kappa shape index (κ1) is 14.0. The maximum atomic E-state index is 12.4. The van der Waals surface area contributed by atoms with E-state index >= 15 is 0 Å². The maximum Gasteiger partial charge on any atom is 0.237 e. The number of hydrogen-bond donors (Lipinski definition) is 1. The van der Waals surface area contributed by atoms with Gasteiger partial charge in [0.1, 0.15) is 0 Å². The molecule has 1 fully saturated rings. The van der Waals surface area contributed by atoms with Crippen molar-refractivity contribution in [2.45, 2.75) is 56.0 Å². The molecule has 1 unspecified atom stereocenters. The van der Waals surface area contributed by atoms with Crippen molar-refractivity contribution in [2.75, 3.05) is 10.7 Å². The molecule has 2 aliphatic rings. The molecule has 0 saturated heterocycles. The van der Waals surface area contributed by atoms with Crippen molar-refractivity contribution >= 4 is 23.4 Å². The number of nitrogens with zero attached hydrogens (tertiary/aromatic N) is 1. The minimum atomic E-state index is 0.0432. The summed E-state index contributed by atoms with van der Waals surface area (Å²) < 4.78 is 0. The summed E-state index contributed by atoms with van der Waals surface area (Å²) in [6.07, 6.45) is 6.09. The third-order valence-corrected chi connectivity index (χ3v) is 5.36. The fourth-order valence-electron chi connectivity index (χ4n) is 3.21. The molecule has 1 aromatic carbocycles. The molecule has 0 spiro atoms. The van der Waals surface area contributed by atoms with Gasteiger partial charge in [-0.3, -0.25) is 4.79 Å². The predicted molar refractivity (Wildman–Crippen MR) is 84.1 cm³/mol. The Balaban J connectivity index is 1.94. The van der Waals surface area contributed by atoms with Crippen molar-refractivity contribution in [2.24, 2.45) is 5.73 Å². The number of carbonyl (C=O) groups is 1. The second-order valence-corrected chi connectivity index (χ2v) is 6.88. The van der Waals surface area contributed by atoms with Gasteiger partial charge in [0.05, 0.1) is 11.4 Å². The lowest BCUT2D eigenvalue weighted by atomic mass is 9.93. The summed E-state index contributed by atoms with van der Waals surface area (Å²) in [5.74, 6) is 0.828. The Hall–Kier alpha value is -1.00. The van der Waals surface area contributed by atoms with Crippen molar-refractivity contribution in [1.82, 2.24) is 0 Å². The van der Waals surface area contributed by atoms with Crippen LogP contribution >= 0.6 is 11.8 Å². The highest BCUT2D eigenvalue weighted by Crippen LogP contribution is 2.40. The molecule has 1 atom stereocenters. The van der Waals surface area contributed by atoms with Gasteiger partial charge >= 0.3 is 0 Å². The first-order valence-corrected chi connectivity index (χ1v) is 8.50. The number of anilines is 1. The smallest absolute Gasteiger partial charge is 0.237 e. The molecule has 3 nitrogen and oxygen atoms in total. The van der Waals surface area contributed by atoms with E-state index in [1.807, 2.05) is 6.92 Å². The van der Waals surface area contributed by atoms with E-state index in [0.717, 1.165) is 24.1 Å². The summed E-state index contributed by atoms with van der Waals surface area (Å²) in [6, 6.07) is 6.76. The van der Waals surface area contributed by atoms with Crippen LogP contribution in [0.25, 0.3) is 0 Å². The van der Waals surface area contributed by atoms with E-state index in [4.69, 9.17) is 5.73 Å². The third-order valence-electron chi connectivity index (χ3n) is 4.33. The molecule has 0 bridgehead atoms. The number of amides is 1. The molecule has 1 amide bonds. The van der Waals surface area contributed by atoms with Crippen molar-refractivity contribution < 1.29 is 4.79 Å². The Morgan fingerprint density at radius 1 is 1.30 bits per heavy atom. The van der Waals surface area contributed by atoms with Gasteiger partial charge in [-0.25, -0.2) is 0 Å². The van der Waals surface area contributed by atoms with E-state index in [0.29, 0.717) is 11.8 Å². The highest BCUT2D eigenvalue weighted by Gasteiger charge is 2.31. The number of carbonyl (C=O) groups excluding carboxylic acids is 1. The molecule has 3 rings (SSSR count). The number of nitrogens with two attached hydrogens (primary N) is 1. The van der Waals surface area contributed by atoms with Gasteiger partial charge in [-0.05, 0) is 37.5 Å². The summed E-state index contributed by atoms with van der Waals surface area (Å²) in [5, 5.41) is 0. The Labute approximate surface area is 124 Å². The molecular weight excluding hydrogens is 268 g/mol. The summed E-state index contributed by atoms with van der Waals surface area (Å²) in [5.41, 5.74) is 8.21. The lowest BCUT2D eigenvalue weighted by molar-refractivity contribution is -0.116. The highest BCUT2D eigenvalue weighted by atomic mass is 32.2. The van der Waals surface area contributed by atoms with Crippen LogP contribution < -0.4 is 10.6 Å². The van der Waals surface area contributed by atoms with Gasteiger partial charge in [0.25, 0.3) is 0 Å². The van der Waals surface area contributed by atoms with Crippen molar-refractivity contribution in [3.05, 3.63) is 23.8 Å². The Morgan fingerprint density at radius 3 is 2.75 bits per heavy atom. The SMILES string of the molecule is CC(N)c1ccc2c(c1)SCC(=O)N2C1CCCCC1. The maximum absolute atomic E-state index is 12.4. The molecule has 2 N–H and O–H groups in total. The number of thioether (sulfide) groups is 1. The van der Waals surface area contributed by atoms with Crippen LogP contribution in [0.4, 0.5) is 5.69 Å². The largest absolute Gasteiger partial charge is 0.324 e. The Bertz CT molecular complexity index is 509. The number of rotatable bonds is 2. The van der Waals surface area contributed by atoms with E-state index < -0.39 is 0 Å². The zero-order valence-electron chi connectivity index (χ0n) is 12.0. The molecule has 0 aromatic heterocycles. The average molecular weight is 290 g/mol. The second-order valence-electron chi connectivity index (χ2n) is 5.86. The van der Waals surface area contributed by atoms with E-state index in [-0.39, 0.29) is 11.9 Å².